The van der Waals surface area contributed by atoms with E-state index in [1.807, 2.05) is 31.2 Å². The molecule has 8 nitrogen and oxygen atoms in total. The standard InChI is InChI=1S/C24H28N6O2/c1-5-29(6-2)18-13-11-17(12-14-18)22-21(16(3)27-24-25-15-26-30(22)24)23(31)28-19-9-7-8-10-20(19)32-4/h7-15,22H,5-6H2,1-4H3,(H,28,31)(H,25,26,27). The normalized spacial score (nSPS) is 15.1. The Balaban J connectivity index is 1.72. The van der Waals surface area contributed by atoms with E-state index in [-0.39, 0.29) is 5.91 Å². The maximum atomic E-state index is 13.5. The number of benzene rings is 2. The highest BCUT2D eigenvalue weighted by atomic mass is 16.5. The molecule has 0 saturated heterocycles. The Morgan fingerprint density at radius 1 is 1.16 bits per heavy atom. The number of rotatable bonds is 7. The number of amides is 1. The highest BCUT2D eigenvalue weighted by Gasteiger charge is 2.33. The van der Waals surface area contributed by atoms with Gasteiger partial charge in [-0.05, 0) is 50.6 Å². The predicted octanol–water partition coefficient (Wildman–Crippen LogP) is 4.06. The van der Waals surface area contributed by atoms with Gasteiger partial charge < -0.3 is 20.3 Å². The van der Waals surface area contributed by atoms with Crippen LogP contribution in [0.25, 0.3) is 0 Å². The molecule has 4 rings (SSSR count). The number of hydrogen-bond acceptors (Lipinski definition) is 6. The SMILES string of the molecule is CCN(CC)c1ccc(C2C(C(=O)Nc3ccccc3OC)=C(C)Nc3ncnn32)cc1. The van der Waals surface area contributed by atoms with E-state index in [2.05, 4.69) is 63.7 Å². The zero-order chi connectivity index (χ0) is 22.7. The fraction of sp³-hybridized carbons (Fsp3) is 0.292. The van der Waals surface area contributed by atoms with Crippen LogP contribution in [0.5, 0.6) is 5.75 Å². The lowest BCUT2D eigenvalue weighted by molar-refractivity contribution is -0.113. The number of nitrogens with zero attached hydrogens (tertiary/aromatic N) is 4. The van der Waals surface area contributed by atoms with E-state index in [0.29, 0.717) is 23.0 Å². The first-order chi connectivity index (χ1) is 15.6. The third kappa shape index (κ3) is 3.91. The fourth-order valence-corrected chi connectivity index (χ4v) is 4.09. The number of anilines is 3. The fourth-order valence-electron chi connectivity index (χ4n) is 4.09. The van der Waals surface area contributed by atoms with Crippen LogP contribution < -0.4 is 20.3 Å². The number of ether oxygens (including phenoxy) is 1. The molecule has 0 fully saturated rings. The number of nitrogens with one attached hydrogen (secondary N) is 2. The molecule has 3 aromatic rings. The number of methoxy groups -OCH3 is 1. The van der Waals surface area contributed by atoms with E-state index in [9.17, 15) is 4.79 Å². The summed E-state index contributed by atoms with van der Waals surface area (Å²) in [6.45, 7) is 8.02. The van der Waals surface area contributed by atoms with Gasteiger partial charge in [0.25, 0.3) is 5.91 Å². The van der Waals surface area contributed by atoms with E-state index in [1.165, 1.54) is 6.33 Å². The van der Waals surface area contributed by atoms with Gasteiger partial charge in [-0.2, -0.15) is 10.1 Å². The Hall–Kier alpha value is -3.81. The quantitative estimate of drug-likeness (QED) is 0.586. The summed E-state index contributed by atoms with van der Waals surface area (Å²) in [6.07, 6.45) is 1.49. The number of hydrogen-bond donors (Lipinski definition) is 2. The van der Waals surface area contributed by atoms with Crippen LogP contribution >= 0.6 is 0 Å². The second-order valence-corrected chi connectivity index (χ2v) is 7.51. The van der Waals surface area contributed by atoms with Crippen molar-refractivity contribution in [2.24, 2.45) is 0 Å². The van der Waals surface area contributed by atoms with Crippen LogP contribution in [0.2, 0.25) is 0 Å². The lowest BCUT2D eigenvalue weighted by Crippen LogP contribution is -2.31. The molecule has 2 N–H and O–H groups in total. The molecule has 2 aromatic carbocycles. The number of allylic oxidation sites excluding steroid dienone is 1. The largest absolute Gasteiger partial charge is 0.495 e. The molecule has 1 amide bonds. The number of para-hydroxylation sites is 2. The average molecular weight is 433 g/mol. The van der Waals surface area contributed by atoms with E-state index in [4.69, 9.17) is 4.74 Å². The maximum Gasteiger partial charge on any atom is 0.255 e. The Labute approximate surface area is 187 Å². The Bertz CT molecular complexity index is 1130. The topological polar surface area (TPSA) is 84.3 Å². The Kier molecular flexibility index (Phi) is 6.11. The van der Waals surface area contributed by atoms with E-state index in [1.54, 1.807) is 11.8 Å². The van der Waals surface area contributed by atoms with Crippen LogP contribution in [0.15, 0.2) is 66.1 Å². The lowest BCUT2D eigenvalue weighted by Gasteiger charge is -2.29. The molecule has 2 heterocycles. The summed E-state index contributed by atoms with van der Waals surface area (Å²) in [7, 11) is 1.58. The second kappa shape index (κ2) is 9.13. The molecule has 32 heavy (non-hydrogen) atoms. The van der Waals surface area contributed by atoms with Crippen molar-refractivity contribution in [1.82, 2.24) is 14.8 Å². The second-order valence-electron chi connectivity index (χ2n) is 7.51. The van der Waals surface area contributed by atoms with Crippen LogP contribution in [0.4, 0.5) is 17.3 Å². The number of aromatic nitrogens is 3. The van der Waals surface area contributed by atoms with Gasteiger partial charge in [-0.25, -0.2) is 4.68 Å². The zero-order valence-electron chi connectivity index (χ0n) is 18.8. The lowest BCUT2D eigenvalue weighted by atomic mass is 9.94. The van der Waals surface area contributed by atoms with Crippen LogP contribution in [0.3, 0.4) is 0 Å². The molecule has 0 aliphatic carbocycles. The first-order valence-corrected chi connectivity index (χ1v) is 10.7. The third-order valence-corrected chi connectivity index (χ3v) is 5.73. The van der Waals surface area contributed by atoms with Crippen molar-refractivity contribution < 1.29 is 9.53 Å². The van der Waals surface area contributed by atoms with Crippen molar-refractivity contribution in [2.75, 3.05) is 35.7 Å². The number of carbonyl (C=O) groups excluding carboxylic acids is 1. The summed E-state index contributed by atoms with van der Waals surface area (Å²) in [4.78, 5) is 20.1. The summed E-state index contributed by atoms with van der Waals surface area (Å²) in [5.41, 5.74) is 4.02. The van der Waals surface area contributed by atoms with E-state index >= 15 is 0 Å². The minimum absolute atomic E-state index is 0.224. The smallest absolute Gasteiger partial charge is 0.255 e. The van der Waals surface area contributed by atoms with Gasteiger partial charge in [0, 0.05) is 24.5 Å². The minimum atomic E-state index is -0.408. The Morgan fingerprint density at radius 3 is 2.56 bits per heavy atom. The minimum Gasteiger partial charge on any atom is -0.495 e. The van der Waals surface area contributed by atoms with Gasteiger partial charge in [-0.1, -0.05) is 24.3 Å². The highest BCUT2D eigenvalue weighted by molar-refractivity contribution is 6.06. The van der Waals surface area contributed by atoms with Gasteiger partial charge in [0.15, 0.2) is 0 Å². The molecule has 0 radical (unpaired) electrons. The van der Waals surface area contributed by atoms with Gasteiger partial charge >= 0.3 is 0 Å². The van der Waals surface area contributed by atoms with Gasteiger partial charge in [0.2, 0.25) is 5.95 Å². The monoisotopic (exact) mass is 432 g/mol. The van der Waals surface area contributed by atoms with Crippen molar-refractivity contribution in [1.29, 1.82) is 0 Å². The van der Waals surface area contributed by atoms with E-state index < -0.39 is 6.04 Å². The summed E-state index contributed by atoms with van der Waals surface area (Å²) in [5, 5.41) is 10.6. The van der Waals surface area contributed by atoms with Crippen LogP contribution in [0.1, 0.15) is 32.4 Å². The summed E-state index contributed by atoms with van der Waals surface area (Å²) < 4.78 is 7.14. The van der Waals surface area contributed by atoms with Crippen LogP contribution in [-0.4, -0.2) is 40.9 Å². The molecule has 0 bridgehead atoms. The summed E-state index contributed by atoms with van der Waals surface area (Å²) >= 11 is 0. The molecule has 1 unspecified atom stereocenters. The van der Waals surface area contributed by atoms with Crippen LogP contribution in [-0.2, 0) is 4.79 Å². The average Bonchev–Trinajstić information content (AvgIpc) is 3.28. The van der Waals surface area contributed by atoms with Crippen molar-refractivity contribution in [3.8, 4) is 5.75 Å². The Morgan fingerprint density at radius 2 is 1.88 bits per heavy atom. The maximum absolute atomic E-state index is 13.5. The third-order valence-electron chi connectivity index (χ3n) is 5.73. The van der Waals surface area contributed by atoms with Crippen molar-refractivity contribution in [2.45, 2.75) is 26.8 Å². The van der Waals surface area contributed by atoms with Crippen LogP contribution in [0, 0.1) is 0 Å². The highest BCUT2D eigenvalue weighted by Crippen LogP contribution is 2.36. The van der Waals surface area contributed by atoms with Gasteiger partial charge in [-0.3, -0.25) is 4.79 Å². The molecule has 0 saturated carbocycles. The first-order valence-electron chi connectivity index (χ1n) is 10.7. The molecule has 1 aliphatic rings. The molecule has 166 valence electrons. The van der Waals surface area contributed by atoms with Crippen molar-refractivity contribution in [3.05, 3.63) is 71.7 Å². The number of fused-ring (bicyclic) bond motifs is 1. The predicted molar refractivity (Wildman–Crippen MR) is 126 cm³/mol. The summed E-state index contributed by atoms with van der Waals surface area (Å²) in [5.74, 6) is 0.983. The molecule has 1 aliphatic heterocycles. The van der Waals surface area contributed by atoms with Crippen molar-refractivity contribution in [3.63, 3.8) is 0 Å². The number of carbonyl (C=O) groups is 1. The van der Waals surface area contributed by atoms with Gasteiger partial charge in [-0.15, -0.1) is 0 Å². The molecular weight excluding hydrogens is 404 g/mol. The zero-order valence-corrected chi connectivity index (χ0v) is 18.8. The molecule has 1 atom stereocenters. The molecule has 8 heteroatoms. The summed E-state index contributed by atoms with van der Waals surface area (Å²) in [6, 6.07) is 15.2. The molecule has 0 spiro atoms. The first kappa shape index (κ1) is 21.4. The van der Waals surface area contributed by atoms with Gasteiger partial charge in [0.05, 0.1) is 18.4 Å². The van der Waals surface area contributed by atoms with Crippen molar-refractivity contribution >= 4 is 23.2 Å². The van der Waals surface area contributed by atoms with Gasteiger partial charge in [0.1, 0.15) is 18.1 Å². The molecular formula is C24H28N6O2. The molecule has 1 aromatic heterocycles. The van der Waals surface area contributed by atoms with E-state index in [0.717, 1.165) is 30.0 Å².